The van der Waals surface area contributed by atoms with Gasteiger partial charge < -0.3 is 5.32 Å². The van der Waals surface area contributed by atoms with E-state index in [-0.39, 0.29) is 23.5 Å². The predicted molar refractivity (Wildman–Crippen MR) is 122 cm³/mol. The molecule has 1 aliphatic carbocycles. The van der Waals surface area contributed by atoms with Crippen molar-refractivity contribution in [3.8, 4) is 0 Å². The molecule has 4 nitrogen and oxygen atoms in total. The molecule has 0 saturated carbocycles. The minimum Gasteiger partial charge on any atom is -0.357 e. The Bertz CT molecular complexity index is 1050. The summed E-state index contributed by atoms with van der Waals surface area (Å²) >= 11 is 13.2. The van der Waals surface area contributed by atoms with Crippen LogP contribution < -0.4 is 10.2 Å². The number of ketones is 1. The highest BCUT2D eigenvalue weighted by molar-refractivity contribution is 6.36. The first-order chi connectivity index (χ1) is 14.2. The number of carbonyl (C=O) groups excluding carboxylic acids is 2. The van der Waals surface area contributed by atoms with E-state index in [1.807, 2.05) is 31.2 Å². The maximum Gasteiger partial charge on any atom is 0.227 e. The van der Waals surface area contributed by atoms with Crippen LogP contribution in [0.3, 0.4) is 0 Å². The third-order valence-corrected chi connectivity index (χ3v) is 6.40. The van der Waals surface area contributed by atoms with Crippen LogP contribution >= 0.6 is 23.2 Å². The summed E-state index contributed by atoms with van der Waals surface area (Å²) in [6.45, 7) is 5.98. The quantitative estimate of drug-likeness (QED) is 0.573. The molecule has 6 heteroatoms. The number of hydrogen-bond donors (Lipinski definition) is 1. The lowest BCUT2D eigenvalue weighted by atomic mass is 9.73. The summed E-state index contributed by atoms with van der Waals surface area (Å²) in [6.07, 6.45) is 1.38. The van der Waals surface area contributed by atoms with Gasteiger partial charge in [-0.05, 0) is 36.1 Å². The van der Waals surface area contributed by atoms with Gasteiger partial charge in [0, 0.05) is 39.7 Å². The highest BCUT2D eigenvalue weighted by atomic mass is 35.5. The summed E-state index contributed by atoms with van der Waals surface area (Å²) in [5.41, 5.74) is 3.31. The number of allylic oxidation sites excluding steroid dienone is 1. The number of rotatable bonds is 2. The second-order valence-electron chi connectivity index (χ2n) is 8.63. The monoisotopic (exact) mass is 442 g/mol. The van der Waals surface area contributed by atoms with Crippen molar-refractivity contribution in [1.82, 2.24) is 0 Å². The van der Waals surface area contributed by atoms with Gasteiger partial charge >= 0.3 is 0 Å². The fraction of sp³-hybridized carbons (Fsp3) is 0.333. The lowest BCUT2D eigenvalue weighted by Crippen LogP contribution is -2.39. The third kappa shape index (κ3) is 3.52. The molecule has 1 N–H and O–H groups in total. The first-order valence-electron chi connectivity index (χ1n) is 10.1. The smallest absolute Gasteiger partial charge is 0.227 e. The van der Waals surface area contributed by atoms with E-state index in [0.29, 0.717) is 39.7 Å². The molecule has 1 amide bonds. The minimum atomic E-state index is -0.687. The number of para-hydroxylation sites is 2. The largest absolute Gasteiger partial charge is 0.357 e. The molecule has 1 aliphatic heterocycles. The van der Waals surface area contributed by atoms with Crippen LogP contribution in [0.5, 0.6) is 0 Å². The van der Waals surface area contributed by atoms with Gasteiger partial charge in [-0.2, -0.15) is 0 Å². The van der Waals surface area contributed by atoms with E-state index in [1.54, 1.807) is 23.1 Å². The molecule has 1 atom stereocenters. The van der Waals surface area contributed by atoms with Crippen LogP contribution in [-0.4, -0.2) is 11.7 Å². The van der Waals surface area contributed by atoms with E-state index in [1.165, 1.54) is 0 Å². The average Bonchev–Trinajstić information content (AvgIpc) is 2.80. The van der Waals surface area contributed by atoms with Crippen LogP contribution in [0.2, 0.25) is 10.0 Å². The topological polar surface area (TPSA) is 49.4 Å². The van der Waals surface area contributed by atoms with Crippen molar-refractivity contribution in [2.24, 2.45) is 5.41 Å². The predicted octanol–water partition coefficient (Wildman–Crippen LogP) is 6.55. The van der Waals surface area contributed by atoms with E-state index in [0.717, 1.165) is 11.4 Å². The van der Waals surface area contributed by atoms with Gasteiger partial charge in [0.1, 0.15) is 0 Å². The normalized spacial score (nSPS) is 20.2. The molecule has 1 heterocycles. The summed E-state index contributed by atoms with van der Waals surface area (Å²) in [5.74, 6) is -0.0898. The van der Waals surface area contributed by atoms with E-state index in [4.69, 9.17) is 23.2 Å². The Hall–Kier alpha value is -2.30. The Morgan fingerprint density at radius 1 is 1.10 bits per heavy atom. The molecule has 0 fully saturated rings. The van der Waals surface area contributed by atoms with Crippen molar-refractivity contribution in [1.29, 1.82) is 0 Å². The molecule has 30 heavy (non-hydrogen) atoms. The molecule has 0 spiro atoms. The molecule has 0 unspecified atom stereocenters. The Morgan fingerprint density at radius 2 is 1.77 bits per heavy atom. The summed E-state index contributed by atoms with van der Waals surface area (Å²) < 4.78 is 0. The van der Waals surface area contributed by atoms with E-state index < -0.39 is 6.04 Å². The first kappa shape index (κ1) is 21.0. The molecular formula is C24H24Cl2N2O2. The van der Waals surface area contributed by atoms with Crippen molar-refractivity contribution >= 4 is 46.3 Å². The number of fused-ring (bicyclic) bond motifs is 1. The Labute approximate surface area is 186 Å². The number of carbonyl (C=O) groups is 2. The Morgan fingerprint density at radius 3 is 2.43 bits per heavy atom. The van der Waals surface area contributed by atoms with Crippen molar-refractivity contribution < 1.29 is 9.59 Å². The van der Waals surface area contributed by atoms with Gasteiger partial charge in [0.15, 0.2) is 5.78 Å². The van der Waals surface area contributed by atoms with Gasteiger partial charge in [-0.1, -0.05) is 62.2 Å². The summed E-state index contributed by atoms with van der Waals surface area (Å²) in [7, 11) is 0. The molecule has 0 saturated heterocycles. The average molecular weight is 443 g/mol. The number of anilines is 2. The molecule has 2 aliphatic rings. The maximum absolute atomic E-state index is 13.5. The van der Waals surface area contributed by atoms with Crippen molar-refractivity contribution in [2.45, 2.75) is 46.1 Å². The zero-order valence-electron chi connectivity index (χ0n) is 17.3. The second-order valence-corrected chi connectivity index (χ2v) is 9.44. The summed E-state index contributed by atoms with van der Waals surface area (Å²) in [6, 6.07) is 12.2. The zero-order chi connectivity index (χ0) is 21.6. The summed E-state index contributed by atoms with van der Waals surface area (Å²) in [4.78, 5) is 28.5. The number of amides is 1. The van der Waals surface area contributed by atoms with E-state index in [9.17, 15) is 9.59 Å². The van der Waals surface area contributed by atoms with Crippen molar-refractivity contribution in [2.75, 3.05) is 10.2 Å². The van der Waals surface area contributed by atoms with E-state index in [2.05, 4.69) is 19.2 Å². The highest BCUT2D eigenvalue weighted by Gasteiger charge is 2.44. The molecule has 0 aromatic heterocycles. The Balaban J connectivity index is 2.07. The third-order valence-electron chi connectivity index (χ3n) is 5.75. The second kappa shape index (κ2) is 7.75. The van der Waals surface area contributed by atoms with Gasteiger partial charge in [-0.3, -0.25) is 14.5 Å². The van der Waals surface area contributed by atoms with Crippen molar-refractivity contribution in [3.05, 3.63) is 69.3 Å². The fourth-order valence-electron chi connectivity index (χ4n) is 4.48. The van der Waals surface area contributed by atoms with Crippen LogP contribution in [0, 0.1) is 5.41 Å². The number of hydrogen-bond acceptors (Lipinski definition) is 3. The molecular weight excluding hydrogens is 419 g/mol. The number of nitrogens with zero attached hydrogens (tertiary/aromatic N) is 1. The van der Waals surface area contributed by atoms with Crippen LogP contribution in [0.1, 0.15) is 51.6 Å². The minimum absolute atomic E-state index is 0.0106. The zero-order valence-corrected chi connectivity index (χ0v) is 18.8. The first-order valence-corrected chi connectivity index (χ1v) is 10.9. The number of Topliss-reactive ketones (excluding diaryl/α,β-unsaturated/α-hetero) is 1. The maximum atomic E-state index is 13.5. The molecule has 156 valence electrons. The van der Waals surface area contributed by atoms with Crippen LogP contribution in [0.25, 0.3) is 0 Å². The van der Waals surface area contributed by atoms with Gasteiger partial charge in [-0.15, -0.1) is 0 Å². The van der Waals surface area contributed by atoms with E-state index >= 15 is 0 Å². The number of halogens is 2. The molecule has 2 aromatic rings. The van der Waals surface area contributed by atoms with Crippen LogP contribution in [0.15, 0.2) is 53.7 Å². The van der Waals surface area contributed by atoms with Gasteiger partial charge in [0.2, 0.25) is 5.91 Å². The number of benzene rings is 2. The molecule has 2 aromatic carbocycles. The van der Waals surface area contributed by atoms with Crippen LogP contribution in [0.4, 0.5) is 11.4 Å². The van der Waals surface area contributed by atoms with Gasteiger partial charge in [0.25, 0.3) is 0 Å². The number of nitrogens with one attached hydrogen (secondary N) is 1. The van der Waals surface area contributed by atoms with Gasteiger partial charge in [-0.25, -0.2) is 0 Å². The lowest BCUT2D eigenvalue weighted by molar-refractivity contribution is -0.119. The van der Waals surface area contributed by atoms with Gasteiger partial charge in [0.05, 0.1) is 17.4 Å². The van der Waals surface area contributed by atoms with Crippen LogP contribution in [-0.2, 0) is 9.59 Å². The summed E-state index contributed by atoms with van der Waals surface area (Å²) in [5, 5.41) is 4.34. The Kier molecular flexibility index (Phi) is 5.41. The lowest BCUT2D eigenvalue weighted by Gasteiger charge is -2.37. The SMILES string of the molecule is CCC(=O)N1c2ccccc2NC2=C(C(=O)CC(C)(C)C2)[C@H]1c1c(Cl)cccc1Cl. The molecule has 4 rings (SSSR count). The fourth-order valence-corrected chi connectivity index (χ4v) is 5.08. The molecule has 0 bridgehead atoms. The molecule has 0 radical (unpaired) electrons. The van der Waals surface area contributed by atoms with Crippen molar-refractivity contribution in [3.63, 3.8) is 0 Å². The standard InChI is InChI=1S/C24H24Cl2N2O2/c1-4-20(30)28-18-11-6-5-10-16(18)27-17-12-24(2,3)13-19(29)22(17)23(28)21-14(25)8-7-9-15(21)26/h5-11,23,27H,4,12-13H2,1-3H3/t23-/m1/s1. The highest BCUT2D eigenvalue weighted by Crippen LogP contribution is 2.50.